The van der Waals surface area contributed by atoms with Gasteiger partial charge in [-0.05, 0) is 0 Å². The molecule has 0 amide bonds. The molecule has 0 fully saturated rings. The normalized spacial score (nSPS) is 20.3. The SMILES string of the molecule is O=CC(S)N1C=NCC1. The number of carbonyl (C=O) groups is 1. The van der Waals surface area contributed by atoms with Crippen molar-refractivity contribution in [2.45, 2.75) is 5.37 Å². The molecule has 0 aromatic carbocycles. The van der Waals surface area contributed by atoms with E-state index in [1.54, 1.807) is 11.2 Å². The number of rotatable bonds is 2. The third-order valence-corrected chi connectivity index (χ3v) is 1.60. The lowest BCUT2D eigenvalue weighted by Gasteiger charge is -2.15. The molecule has 1 unspecified atom stereocenters. The first kappa shape index (κ1) is 6.61. The van der Waals surface area contributed by atoms with E-state index in [1.807, 2.05) is 0 Å². The highest BCUT2D eigenvalue weighted by Gasteiger charge is 2.11. The van der Waals surface area contributed by atoms with Crippen molar-refractivity contribution >= 4 is 25.3 Å². The molecule has 50 valence electrons. The van der Waals surface area contributed by atoms with Gasteiger partial charge >= 0.3 is 0 Å². The minimum Gasteiger partial charge on any atom is -0.343 e. The van der Waals surface area contributed by atoms with Gasteiger partial charge in [-0.1, -0.05) is 0 Å². The molecule has 0 radical (unpaired) electrons. The van der Waals surface area contributed by atoms with E-state index in [-0.39, 0.29) is 5.37 Å². The van der Waals surface area contributed by atoms with Crippen LogP contribution in [0.5, 0.6) is 0 Å². The van der Waals surface area contributed by atoms with Crippen LogP contribution in [-0.2, 0) is 4.79 Å². The number of aliphatic imine (C=N–C) groups is 1. The molecule has 4 heteroatoms. The van der Waals surface area contributed by atoms with Crippen LogP contribution in [0.2, 0.25) is 0 Å². The second kappa shape index (κ2) is 2.87. The maximum Gasteiger partial charge on any atom is 0.152 e. The summed E-state index contributed by atoms with van der Waals surface area (Å²) in [5, 5.41) is -0.309. The van der Waals surface area contributed by atoms with Crippen molar-refractivity contribution in [3.8, 4) is 0 Å². The summed E-state index contributed by atoms with van der Waals surface area (Å²) in [6.45, 7) is 1.60. The average molecular weight is 144 g/mol. The summed E-state index contributed by atoms with van der Waals surface area (Å²) in [6, 6.07) is 0. The van der Waals surface area contributed by atoms with Gasteiger partial charge in [0.2, 0.25) is 0 Å². The van der Waals surface area contributed by atoms with Crippen LogP contribution in [0.1, 0.15) is 0 Å². The quantitative estimate of drug-likeness (QED) is 0.429. The van der Waals surface area contributed by atoms with Gasteiger partial charge in [0.1, 0.15) is 5.37 Å². The number of thiol groups is 1. The highest BCUT2D eigenvalue weighted by Crippen LogP contribution is 2.01. The Hall–Kier alpha value is -0.510. The van der Waals surface area contributed by atoms with E-state index < -0.39 is 0 Å². The molecule has 3 nitrogen and oxygen atoms in total. The summed E-state index contributed by atoms with van der Waals surface area (Å²) >= 11 is 3.99. The monoisotopic (exact) mass is 144 g/mol. The first-order valence-corrected chi connectivity index (χ1v) is 3.25. The van der Waals surface area contributed by atoms with Crippen molar-refractivity contribution < 1.29 is 4.79 Å². The van der Waals surface area contributed by atoms with Gasteiger partial charge in [0, 0.05) is 6.54 Å². The summed E-state index contributed by atoms with van der Waals surface area (Å²) in [5.74, 6) is 0. The minimum absolute atomic E-state index is 0.309. The first-order chi connectivity index (χ1) is 4.34. The number of hydrogen-bond donors (Lipinski definition) is 1. The lowest BCUT2D eigenvalue weighted by atomic mass is 10.5. The van der Waals surface area contributed by atoms with E-state index in [4.69, 9.17) is 0 Å². The van der Waals surface area contributed by atoms with Gasteiger partial charge in [-0.3, -0.25) is 4.99 Å². The van der Waals surface area contributed by atoms with Gasteiger partial charge in [-0.25, -0.2) is 0 Å². The van der Waals surface area contributed by atoms with E-state index in [0.717, 1.165) is 19.4 Å². The van der Waals surface area contributed by atoms with Crippen LogP contribution >= 0.6 is 12.6 Å². The molecule has 1 atom stereocenters. The van der Waals surface area contributed by atoms with Crippen molar-refractivity contribution in [1.82, 2.24) is 4.90 Å². The zero-order chi connectivity index (χ0) is 6.69. The van der Waals surface area contributed by atoms with Crippen LogP contribution in [0.25, 0.3) is 0 Å². The molecule has 9 heavy (non-hydrogen) atoms. The van der Waals surface area contributed by atoms with Crippen molar-refractivity contribution in [1.29, 1.82) is 0 Å². The van der Waals surface area contributed by atoms with Crippen molar-refractivity contribution in [3.63, 3.8) is 0 Å². The lowest BCUT2D eigenvalue weighted by molar-refractivity contribution is -0.108. The van der Waals surface area contributed by atoms with Gasteiger partial charge in [0.15, 0.2) is 6.29 Å². The largest absolute Gasteiger partial charge is 0.343 e. The van der Waals surface area contributed by atoms with Crippen LogP contribution in [0.15, 0.2) is 4.99 Å². The molecule has 1 aliphatic heterocycles. The zero-order valence-corrected chi connectivity index (χ0v) is 5.79. The first-order valence-electron chi connectivity index (χ1n) is 2.73. The van der Waals surface area contributed by atoms with Gasteiger partial charge in [0.05, 0.1) is 12.9 Å². The smallest absolute Gasteiger partial charge is 0.152 e. The predicted octanol–water partition coefficient (Wildman–Crippen LogP) is -0.215. The van der Waals surface area contributed by atoms with E-state index in [2.05, 4.69) is 17.6 Å². The third-order valence-electron chi connectivity index (χ3n) is 1.18. The summed E-state index contributed by atoms with van der Waals surface area (Å²) in [4.78, 5) is 15.8. The van der Waals surface area contributed by atoms with Gasteiger partial charge in [-0.15, -0.1) is 12.6 Å². The van der Waals surface area contributed by atoms with Crippen LogP contribution < -0.4 is 0 Å². The second-order valence-electron chi connectivity index (χ2n) is 1.81. The second-order valence-corrected chi connectivity index (χ2v) is 2.34. The van der Waals surface area contributed by atoms with Crippen LogP contribution in [-0.4, -0.2) is 36.0 Å². The molecule has 0 spiro atoms. The van der Waals surface area contributed by atoms with Gasteiger partial charge in [0.25, 0.3) is 0 Å². The Balaban J connectivity index is 2.42. The topological polar surface area (TPSA) is 32.7 Å². The number of nitrogens with zero attached hydrogens (tertiary/aromatic N) is 2. The van der Waals surface area contributed by atoms with E-state index in [0.29, 0.717) is 0 Å². The average Bonchev–Trinajstić information content (AvgIpc) is 2.37. The summed E-state index contributed by atoms with van der Waals surface area (Å²) in [7, 11) is 0. The summed E-state index contributed by atoms with van der Waals surface area (Å²) in [5.41, 5.74) is 0. The molecule has 0 saturated heterocycles. The van der Waals surface area contributed by atoms with E-state index in [1.165, 1.54) is 0 Å². The third kappa shape index (κ3) is 1.45. The zero-order valence-electron chi connectivity index (χ0n) is 4.90. The van der Waals surface area contributed by atoms with Crippen LogP contribution in [0.3, 0.4) is 0 Å². The molecule has 1 rings (SSSR count). The standard InChI is InChI=1S/C5H8N2OS/c8-3-5(9)7-2-1-6-4-7/h3-5,9H,1-2H2. The van der Waals surface area contributed by atoms with E-state index >= 15 is 0 Å². The molecular formula is C5H8N2OS. The van der Waals surface area contributed by atoms with Crippen LogP contribution in [0, 0.1) is 0 Å². The molecule has 1 aliphatic rings. The molecule has 0 saturated carbocycles. The Morgan fingerprint density at radius 3 is 3.11 bits per heavy atom. The Bertz CT molecular complexity index is 137. The summed E-state index contributed by atoms with van der Waals surface area (Å²) < 4.78 is 0. The predicted molar refractivity (Wildman–Crippen MR) is 38.9 cm³/mol. The minimum atomic E-state index is -0.309. The maximum atomic E-state index is 10.1. The molecule has 0 aliphatic carbocycles. The maximum absolute atomic E-state index is 10.1. The Morgan fingerprint density at radius 2 is 2.67 bits per heavy atom. The highest BCUT2D eigenvalue weighted by atomic mass is 32.1. The molecule has 0 aromatic rings. The van der Waals surface area contributed by atoms with Crippen LogP contribution in [0.4, 0.5) is 0 Å². The number of aldehydes is 1. The molecule has 0 N–H and O–H groups in total. The fourth-order valence-electron chi connectivity index (χ4n) is 0.672. The van der Waals surface area contributed by atoms with Crippen molar-refractivity contribution in [2.75, 3.05) is 13.1 Å². The molecule has 0 bridgehead atoms. The fourth-order valence-corrected chi connectivity index (χ4v) is 0.847. The van der Waals surface area contributed by atoms with E-state index in [9.17, 15) is 4.79 Å². The number of carbonyl (C=O) groups excluding carboxylic acids is 1. The summed E-state index contributed by atoms with van der Waals surface area (Å²) in [6.07, 6.45) is 2.45. The Kier molecular flexibility index (Phi) is 2.10. The Morgan fingerprint density at radius 1 is 1.89 bits per heavy atom. The highest BCUT2D eigenvalue weighted by molar-refractivity contribution is 7.81. The molecule has 1 heterocycles. The fraction of sp³-hybridized carbons (Fsp3) is 0.600. The number of hydrogen-bond acceptors (Lipinski definition) is 4. The van der Waals surface area contributed by atoms with Crippen molar-refractivity contribution in [3.05, 3.63) is 0 Å². The Labute approximate surface area is 59.2 Å². The van der Waals surface area contributed by atoms with Gasteiger partial charge < -0.3 is 9.69 Å². The van der Waals surface area contributed by atoms with Crippen molar-refractivity contribution in [2.24, 2.45) is 4.99 Å². The lowest BCUT2D eigenvalue weighted by Crippen LogP contribution is -2.29. The molecule has 0 aromatic heterocycles. The molecular weight excluding hydrogens is 136 g/mol. The van der Waals surface area contributed by atoms with Gasteiger partial charge in [-0.2, -0.15) is 0 Å².